The van der Waals surface area contributed by atoms with Crippen molar-refractivity contribution in [2.24, 2.45) is 11.8 Å². The Balaban J connectivity index is 1.51. The van der Waals surface area contributed by atoms with Crippen LogP contribution in [0.25, 0.3) is 11.1 Å². The van der Waals surface area contributed by atoms with E-state index in [0.717, 1.165) is 22.4 Å². The molecule has 3 heterocycles. The van der Waals surface area contributed by atoms with Crippen molar-refractivity contribution >= 4 is 12.1 Å². The fourth-order valence-corrected chi connectivity index (χ4v) is 4.36. The van der Waals surface area contributed by atoms with Gasteiger partial charge in [0.25, 0.3) is 0 Å². The van der Waals surface area contributed by atoms with Crippen LogP contribution in [0.5, 0.6) is 0 Å². The van der Waals surface area contributed by atoms with E-state index < -0.39 is 23.9 Å². The van der Waals surface area contributed by atoms with E-state index in [9.17, 15) is 14.7 Å². The van der Waals surface area contributed by atoms with Gasteiger partial charge in [-0.3, -0.25) is 9.78 Å². The highest BCUT2D eigenvalue weighted by Gasteiger charge is 2.34. The first-order chi connectivity index (χ1) is 16.3. The van der Waals surface area contributed by atoms with Gasteiger partial charge in [-0.1, -0.05) is 49.4 Å². The first kappa shape index (κ1) is 23.3. The number of nitrogens with one attached hydrogen (secondary N) is 2. The number of nitrogens with zero attached hydrogens (tertiary/aromatic N) is 4. The summed E-state index contributed by atoms with van der Waals surface area (Å²) in [6.07, 6.45) is 1.95. The van der Waals surface area contributed by atoms with Gasteiger partial charge < -0.3 is 15.2 Å². The van der Waals surface area contributed by atoms with Crippen LogP contribution >= 0.6 is 0 Å². The second kappa shape index (κ2) is 9.98. The minimum atomic E-state index is -0.877. The lowest BCUT2D eigenvalue weighted by Crippen LogP contribution is -2.26. The molecule has 1 aromatic carbocycles. The summed E-state index contributed by atoms with van der Waals surface area (Å²) in [5, 5.41) is 26.8. The van der Waals surface area contributed by atoms with Crippen LogP contribution in [0.15, 0.2) is 42.6 Å². The number of carbonyl (C=O) groups excluding carboxylic acids is 1. The molecule has 1 aliphatic rings. The molecule has 1 saturated heterocycles. The highest BCUT2D eigenvalue weighted by molar-refractivity contribution is 5.71. The second-order valence-electron chi connectivity index (χ2n) is 9.07. The first-order valence-corrected chi connectivity index (χ1v) is 11.3. The Morgan fingerprint density at radius 3 is 2.41 bits per heavy atom. The van der Waals surface area contributed by atoms with Gasteiger partial charge in [-0.2, -0.15) is 5.21 Å². The molecule has 1 aliphatic heterocycles. The second-order valence-corrected chi connectivity index (χ2v) is 9.07. The van der Waals surface area contributed by atoms with Gasteiger partial charge in [0.1, 0.15) is 6.10 Å². The van der Waals surface area contributed by atoms with E-state index in [4.69, 9.17) is 4.74 Å². The molecule has 34 heavy (non-hydrogen) atoms. The molecule has 178 valence electrons. The molecule has 4 atom stereocenters. The van der Waals surface area contributed by atoms with Crippen molar-refractivity contribution in [2.45, 2.75) is 51.7 Å². The van der Waals surface area contributed by atoms with Crippen LogP contribution in [0.4, 0.5) is 4.79 Å². The van der Waals surface area contributed by atoms with E-state index in [2.05, 4.69) is 30.9 Å². The lowest BCUT2D eigenvalue weighted by atomic mass is 9.82. The van der Waals surface area contributed by atoms with Crippen LogP contribution in [-0.2, 0) is 16.0 Å². The molecule has 4 rings (SSSR count). The average Bonchev–Trinajstić information content (AvgIpc) is 3.46. The van der Waals surface area contributed by atoms with Gasteiger partial charge in [0, 0.05) is 29.8 Å². The molecule has 3 aromatic rings. The Kier molecular flexibility index (Phi) is 6.85. The van der Waals surface area contributed by atoms with Crippen molar-refractivity contribution in [2.75, 3.05) is 0 Å². The summed E-state index contributed by atoms with van der Waals surface area (Å²) in [6, 6.07) is 11.6. The summed E-state index contributed by atoms with van der Waals surface area (Å²) in [7, 11) is 0. The maximum Gasteiger partial charge on any atom is 0.408 e. The van der Waals surface area contributed by atoms with Crippen LogP contribution in [0, 0.1) is 11.8 Å². The zero-order valence-corrected chi connectivity index (χ0v) is 19.3. The zero-order chi connectivity index (χ0) is 24.2. The third-order valence-corrected chi connectivity index (χ3v) is 6.08. The molecule has 0 radical (unpaired) electrons. The quantitative estimate of drug-likeness (QED) is 0.437. The van der Waals surface area contributed by atoms with Crippen molar-refractivity contribution in [1.29, 1.82) is 0 Å². The number of aromatic amines is 1. The number of aliphatic carboxylic acids is 1. The number of tetrazole rings is 1. The van der Waals surface area contributed by atoms with E-state index in [1.165, 1.54) is 0 Å². The van der Waals surface area contributed by atoms with Gasteiger partial charge >= 0.3 is 12.1 Å². The summed E-state index contributed by atoms with van der Waals surface area (Å²) in [5.41, 5.74) is 3.58. The lowest BCUT2D eigenvalue weighted by molar-refractivity contribution is -0.143. The van der Waals surface area contributed by atoms with Crippen molar-refractivity contribution in [3.8, 4) is 11.1 Å². The van der Waals surface area contributed by atoms with E-state index >= 15 is 0 Å². The smallest absolute Gasteiger partial charge is 0.408 e. The van der Waals surface area contributed by atoms with Gasteiger partial charge in [-0.25, -0.2) is 4.79 Å². The third-order valence-electron chi connectivity index (χ3n) is 6.08. The Bertz CT molecular complexity index is 1120. The van der Waals surface area contributed by atoms with Crippen LogP contribution in [0.1, 0.15) is 56.3 Å². The number of hydrogen-bond donors (Lipinski definition) is 3. The molecular weight excluding hydrogens is 436 g/mol. The van der Waals surface area contributed by atoms with Crippen molar-refractivity contribution in [3.63, 3.8) is 0 Å². The fraction of sp³-hybridized carbons (Fsp3) is 0.417. The van der Waals surface area contributed by atoms with E-state index in [-0.39, 0.29) is 18.1 Å². The Labute approximate surface area is 197 Å². The largest absolute Gasteiger partial charge is 0.481 e. The number of alkyl carbamates (subject to hydrolysis) is 1. The monoisotopic (exact) mass is 464 g/mol. The van der Waals surface area contributed by atoms with Crippen LogP contribution < -0.4 is 5.32 Å². The molecule has 0 saturated carbocycles. The van der Waals surface area contributed by atoms with Gasteiger partial charge in [-0.05, 0) is 36.5 Å². The number of carbonyl (C=O) groups is 2. The average molecular weight is 465 g/mol. The standard InChI is InChI=1S/C24H28N6O4/c1-13(2)10-20(23(31)32)19(22-27-29-30-28-22)11-18-9-8-17(12-25-18)15-4-6-16(7-5-15)21-14(3)26-24(33)34-21/h4-9,12-14,19-21H,10-11H2,1-3H3,(H,26,33)(H,31,32)(H,27,28,29,30). The molecule has 0 bridgehead atoms. The molecule has 3 N–H and O–H groups in total. The molecular formula is C24H28N6O4. The lowest BCUT2D eigenvalue weighted by Gasteiger charge is -2.22. The summed E-state index contributed by atoms with van der Waals surface area (Å²) in [4.78, 5) is 28.1. The molecule has 2 aromatic heterocycles. The molecule has 0 spiro atoms. The number of rotatable bonds is 9. The Hall–Kier alpha value is -3.82. The molecule has 4 unspecified atom stereocenters. The number of carboxylic acid groups (broad SMARTS) is 1. The minimum Gasteiger partial charge on any atom is -0.481 e. The number of pyridine rings is 1. The Morgan fingerprint density at radius 2 is 1.88 bits per heavy atom. The summed E-state index contributed by atoms with van der Waals surface area (Å²) in [5.74, 6) is -1.38. The fourth-order valence-electron chi connectivity index (χ4n) is 4.36. The predicted octanol–water partition coefficient (Wildman–Crippen LogP) is 3.50. The van der Waals surface area contributed by atoms with Gasteiger partial charge in [0.15, 0.2) is 5.82 Å². The summed E-state index contributed by atoms with van der Waals surface area (Å²) >= 11 is 0. The van der Waals surface area contributed by atoms with Crippen LogP contribution in [0.3, 0.4) is 0 Å². The van der Waals surface area contributed by atoms with Gasteiger partial charge in [0.05, 0.1) is 12.0 Å². The van der Waals surface area contributed by atoms with E-state index in [0.29, 0.717) is 18.7 Å². The van der Waals surface area contributed by atoms with Gasteiger partial charge in [-0.15, -0.1) is 10.2 Å². The number of hydrogen-bond acceptors (Lipinski definition) is 7. The van der Waals surface area contributed by atoms with E-state index in [1.807, 2.05) is 57.2 Å². The molecule has 0 aliphatic carbocycles. The van der Waals surface area contributed by atoms with Crippen molar-refractivity contribution < 1.29 is 19.4 Å². The maximum atomic E-state index is 12.0. The summed E-state index contributed by atoms with van der Waals surface area (Å²) < 4.78 is 5.33. The summed E-state index contributed by atoms with van der Waals surface area (Å²) in [6.45, 7) is 5.90. The normalized spacial score (nSPS) is 19.5. The number of aromatic nitrogens is 5. The number of carboxylic acids is 1. The number of cyclic esters (lactones) is 1. The maximum absolute atomic E-state index is 12.0. The first-order valence-electron chi connectivity index (χ1n) is 11.3. The van der Waals surface area contributed by atoms with Crippen LogP contribution in [-0.4, -0.2) is 48.8 Å². The SMILES string of the molecule is CC(C)CC(C(=O)O)C(Cc1ccc(-c2ccc(C3OC(=O)NC3C)cc2)cn1)c1nn[nH]n1. The molecule has 1 fully saturated rings. The zero-order valence-electron chi connectivity index (χ0n) is 19.3. The van der Waals surface area contributed by atoms with E-state index in [1.54, 1.807) is 6.20 Å². The Morgan fingerprint density at radius 1 is 1.15 bits per heavy atom. The number of benzene rings is 1. The molecule has 10 heteroatoms. The van der Waals surface area contributed by atoms with Crippen LogP contribution in [0.2, 0.25) is 0 Å². The molecule has 1 amide bonds. The third kappa shape index (κ3) is 5.22. The topological polar surface area (TPSA) is 143 Å². The highest BCUT2D eigenvalue weighted by Crippen LogP contribution is 2.32. The number of ether oxygens (including phenoxy) is 1. The number of amides is 1. The minimum absolute atomic E-state index is 0.0863. The van der Waals surface area contributed by atoms with Gasteiger partial charge in [0.2, 0.25) is 0 Å². The number of H-pyrrole nitrogens is 1. The van der Waals surface area contributed by atoms with Crippen molar-refractivity contribution in [1.82, 2.24) is 30.9 Å². The highest BCUT2D eigenvalue weighted by atomic mass is 16.6. The molecule has 10 nitrogen and oxygen atoms in total. The van der Waals surface area contributed by atoms with Crippen molar-refractivity contribution in [3.05, 3.63) is 59.7 Å². The predicted molar refractivity (Wildman–Crippen MR) is 123 cm³/mol.